The molecule has 0 spiro atoms. The fraction of sp³-hybridized carbons (Fsp3) is 0.917. The molecule has 1 saturated heterocycles. The number of nitrogens with zero attached hydrogens (tertiary/aromatic N) is 1. The fourth-order valence-electron chi connectivity index (χ4n) is 2.19. The summed E-state index contributed by atoms with van der Waals surface area (Å²) in [6, 6.07) is 0. The summed E-state index contributed by atoms with van der Waals surface area (Å²) in [5.41, 5.74) is -0.0452. The summed E-state index contributed by atoms with van der Waals surface area (Å²) in [6.07, 6.45) is 3.69. The lowest BCUT2D eigenvalue weighted by atomic mass is 10.0. The van der Waals surface area contributed by atoms with Crippen LogP contribution in [-0.2, 0) is 14.8 Å². The maximum Gasteiger partial charge on any atom is 0.221 e. The van der Waals surface area contributed by atoms with Gasteiger partial charge in [-0.3, -0.25) is 9.69 Å². The number of sulfonamides is 1. The first-order chi connectivity index (χ1) is 8.71. The fourth-order valence-corrected chi connectivity index (χ4v) is 2.66. The van der Waals surface area contributed by atoms with Crippen LogP contribution in [0.4, 0.5) is 0 Å². The van der Waals surface area contributed by atoms with Gasteiger partial charge in [-0.05, 0) is 39.8 Å². The first-order valence-corrected chi connectivity index (χ1v) is 8.56. The maximum absolute atomic E-state index is 11.6. The zero-order valence-corrected chi connectivity index (χ0v) is 12.8. The third kappa shape index (κ3) is 6.35. The van der Waals surface area contributed by atoms with Gasteiger partial charge < -0.3 is 5.32 Å². The largest absolute Gasteiger partial charge is 0.354 e. The van der Waals surface area contributed by atoms with Gasteiger partial charge in [-0.15, -0.1) is 0 Å². The van der Waals surface area contributed by atoms with E-state index >= 15 is 0 Å². The number of likely N-dealkylation sites (tertiary alicyclic amines) is 1. The van der Waals surface area contributed by atoms with E-state index < -0.39 is 10.0 Å². The van der Waals surface area contributed by atoms with Gasteiger partial charge in [0.2, 0.25) is 15.9 Å². The minimum absolute atomic E-state index is 0.0452. The minimum Gasteiger partial charge on any atom is -0.354 e. The average Bonchev–Trinajstić information content (AvgIpc) is 2.78. The molecule has 0 aromatic heterocycles. The van der Waals surface area contributed by atoms with Crippen LogP contribution in [0.5, 0.6) is 0 Å². The van der Waals surface area contributed by atoms with Crippen LogP contribution >= 0.6 is 0 Å². The molecular weight excluding hydrogens is 266 g/mol. The van der Waals surface area contributed by atoms with Crippen LogP contribution < -0.4 is 10.0 Å². The molecule has 0 radical (unpaired) electrons. The van der Waals surface area contributed by atoms with Crippen molar-refractivity contribution in [1.82, 2.24) is 14.9 Å². The van der Waals surface area contributed by atoms with Crippen LogP contribution in [0.2, 0.25) is 0 Å². The van der Waals surface area contributed by atoms with Gasteiger partial charge in [-0.2, -0.15) is 0 Å². The molecule has 6 nitrogen and oxygen atoms in total. The predicted octanol–water partition coefficient (Wildman–Crippen LogP) is -0.0837. The highest BCUT2D eigenvalue weighted by molar-refractivity contribution is 7.88. The van der Waals surface area contributed by atoms with Crippen molar-refractivity contribution >= 4 is 15.9 Å². The van der Waals surface area contributed by atoms with E-state index in [1.807, 2.05) is 0 Å². The first kappa shape index (κ1) is 16.4. The van der Waals surface area contributed by atoms with Crippen LogP contribution in [0.3, 0.4) is 0 Å². The Kier molecular flexibility index (Phi) is 5.76. The molecule has 0 aromatic carbocycles. The third-order valence-electron chi connectivity index (χ3n) is 3.40. The summed E-state index contributed by atoms with van der Waals surface area (Å²) >= 11 is 0. The van der Waals surface area contributed by atoms with Crippen molar-refractivity contribution < 1.29 is 13.2 Å². The Labute approximate surface area is 116 Å². The topological polar surface area (TPSA) is 78.5 Å². The second kappa shape index (κ2) is 6.67. The van der Waals surface area contributed by atoms with Gasteiger partial charge in [-0.25, -0.2) is 13.1 Å². The van der Waals surface area contributed by atoms with Crippen LogP contribution in [0.25, 0.3) is 0 Å². The van der Waals surface area contributed by atoms with Crippen molar-refractivity contribution in [2.45, 2.75) is 38.6 Å². The van der Waals surface area contributed by atoms with Gasteiger partial charge >= 0.3 is 0 Å². The van der Waals surface area contributed by atoms with E-state index in [2.05, 4.69) is 28.8 Å². The van der Waals surface area contributed by atoms with Gasteiger partial charge in [0.25, 0.3) is 0 Å². The number of carbonyl (C=O) groups is 1. The molecule has 7 heteroatoms. The first-order valence-electron chi connectivity index (χ1n) is 6.67. The molecule has 0 unspecified atom stereocenters. The predicted molar refractivity (Wildman–Crippen MR) is 75.4 cm³/mol. The molecule has 1 aliphatic heterocycles. The average molecular weight is 291 g/mol. The summed E-state index contributed by atoms with van der Waals surface area (Å²) in [5.74, 6) is -0.122. The van der Waals surface area contributed by atoms with E-state index in [0.29, 0.717) is 6.54 Å². The number of hydrogen-bond donors (Lipinski definition) is 2. The molecule has 1 fully saturated rings. The van der Waals surface area contributed by atoms with Crippen LogP contribution in [0.15, 0.2) is 0 Å². The maximum atomic E-state index is 11.6. The molecule has 2 N–H and O–H groups in total. The third-order valence-corrected chi connectivity index (χ3v) is 4.13. The second-order valence-corrected chi connectivity index (χ2v) is 7.53. The van der Waals surface area contributed by atoms with Crippen molar-refractivity contribution in [2.75, 3.05) is 32.4 Å². The van der Waals surface area contributed by atoms with Gasteiger partial charge in [0.1, 0.15) is 0 Å². The summed E-state index contributed by atoms with van der Waals surface area (Å²) < 4.78 is 24.0. The molecule has 0 aromatic rings. The minimum atomic E-state index is -3.21. The van der Waals surface area contributed by atoms with Crippen molar-refractivity contribution in [3.8, 4) is 0 Å². The van der Waals surface area contributed by atoms with E-state index in [1.54, 1.807) is 0 Å². The van der Waals surface area contributed by atoms with Gasteiger partial charge in [-0.1, -0.05) is 0 Å². The lowest BCUT2D eigenvalue weighted by molar-refractivity contribution is -0.121. The molecular formula is C12H25N3O3S. The number of amides is 1. The van der Waals surface area contributed by atoms with Crippen molar-refractivity contribution in [2.24, 2.45) is 0 Å². The van der Waals surface area contributed by atoms with Crippen LogP contribution in [0, 0.1) is 0 Å². The Morgan fingerprint density at radius 3 is 2.37 bits per heavy atom. The zero-order valence-electron chi connectivity index (χ0n) is 12.0. The Balaban J connectivity index is 2.25. The number of rotatable bonds is 7. The molecule has 0 bridgehead atoms. The lowest BCUT2D eigenvalue weighted by Gasteiger charge is -2.35. The summed E-state index contributed by atoms with van der Waals surface area (Å²) in [6.45, 7) is 7.14. The van der Waals surface area contributed by atoms with E-state index in [1.165, 1.54) is 12.8 Å². The monoisotopic (exact) mass is 291 g/mol. The second-order valence-electron chi connectivity index (χ2n) is 5.70. The number of nitrogens with one attached hydrogen (secondary N) is 2. The van der Waals surface area contributed by atoms with Crippen molar-refractivity contribution in [1.29, 1.82) is 0 Å². The van der Waals surface area contributed by atoms with Gasteiger partial charge in [0.15, 0.2) is 0 Å². The standard InChI is InChI=1S/C12H25N3O3S/c1-12(2,15-8-4-5-9-15)10-13-11(16)6-7-14-19(3,17)18/h14H,4-10H2,1-3H3,(H,13,16). The lowest BCUT2D eigenvalue weighted by Crippen LogP contribution is -2.50. The molecule has 1 aliphatic rings. The zero-order chi connectivity index (χ0) is 14.5. The van der Waals surface area contributed by atoms with Crippen molar-refractivity contribution in [3.63, 3.8) is 0 Å². The summed E-state index contributed by atoms with van der Waals surface area (Å²) in [5, 5.41) is 2.87. The number of carbonyl (C=O) groups excluding carboxylic acids is 1. The molecule has 1 heterocycles. The Morgan fingerprint density at radius 1 is 1.26 bits per heavy atom. The molecule has 0 atom stereocenters. The molecule has 1 amide bonds. The van der Waals surface area contributed by atoms with Crippen molar-refractivity contribution in [3.05, 3.63) is 0 Å². The summed E-state index contributed by atoms with van der Waals surface area (Å²) in [7, 11) is -3.21. The SMILES string of the molecule is CC(C)(CNC(=O)CCNS(C)(=O)=O)N1CCCC1. The molecule has 1 rings (SSSR count). The highest BCUT2D eigenvalue weighted by Gasteiger charge is 2.29. The molecule has 0 aliphatic carbocycles. The molecule has 19 heavy (non-hydrogen) atoms. The van der Waals surface area contributed by atoms with Crippen LogP contribution in [0.1, 0.15) is 33.1 Å². The Bertz CT molecular complexity index is 400. The highest BCUT2D eigenvalue weighted by Crippen LogP contribution is 2.19. The van der Waals surface area contributed by atoms with Gasteiger partial charge in [0, 0.05) is 25.0 Å². The van der Waals surface area contributed by atoms with E-state index in [-0.39, 0.29) is 24.4 Å². The van der Waals surface area contributed by atoms with E-state index in [4.69, 9.17) is 0 Å². The highest BCUT2D eigenvalue weighted by atomic mass is 32.2. The Morgan fingerprint density at radius 2 is 1.84 bits per heavy atom. The normalized spacial score (nSPS) is 17.6. The van der Waals surface area contributed by atoms with E-state index in [0.717, 1.165) is 19.3 Å². The summed E-state index contributed by atoms with van der Waals surface area (Å²) in [4.78, 5) is 14.0. The molecule has 112 valence electrons. The smallest absolute Gasteiger partial charge is 0.221 e. The van der Waals surface area contributed by atoms with E-state index in [9.17, 15) is 13.2 Å². The Hall–Kier alpha value is -0.660. The number of hydrogen-bond acceptors (Lipinski definition) is 4. The van der Waals surface area contributed by atoms with Crippen LogP contribution in [-0.4, -0.2) is 57.2 Å². The quantitative estimate of drug-likeness (QED) is 0.687. The molecule has 0 saturated carbocycles. The van der Waals surface area contributed by atoms with Gasteiger partial charge in [0.05, 0.1) is 6.26 Å².